The van der Waals surface area contributed by atoms with Gasteiger partial charge < -0.3 is 10.8 Å². The fourth-order valence-corrected chi connectivity index (χ4v) is 4.76. The van der Waals surface area contributed by atoms with Crippen LogP contribution in [0.1, 0.15) is 31.0 Å². The van der Waals surface area contributed by atoms with E-state index in [4.69, 9.17) is 10.7 Å². The fraction of sp³-hybridized carbons (Fsp3) is 0.231. The van der Waals surface area contributed by atoms with Gasteiger partial charge in [-0.2, -0.15) is 0 Å². The molecule has 2 aromatic heterocycles. The Kier molecular flexibility index (Phi) is 4.24. The van der Waals surface area contributed by atoms with E-state index in [-0.39, 0.29) is 0 Å². The molecule has 0 unspecified atom stereocenters. The van der Waals surface area contributed by atoms with Crippen LogP contribution in [0.25, 0.3) is 33.3 Å². The summed E-state index contributed by atoms with van der Waals surface area (Å²) < 4.78 is 0. The zero-order chi connectivity index (χ0) is 20.9. The van der Waals surface area contributed by atoms with Gasteiger partial charge in [0.25, 0.3) is 0 Å². The molecule has 0 bridgehead atoms. The average Bonchev–Trinajstić information content (AvgIpc) is 2.72. The van der Waals surface area contributed by atoms with E-state index < -0.39 is 11.1 Å². The van der Waals surface area contributed by atoms with Crippen molar-refractivity contribution in [3.8, 4) is 22.4 Å². The minimum absolute atomic E-state index is 0.454. The third-order valence-corrected chi connectivity index (χ3v) is 6.15. The first-order chi connectivity index (χ1) is 14.3. The van der Waals surface area contributed by atoms with Crippen molar-refractivity contribution in [3.63, 3.8) is 0 Å². The Balaban J connectivity index is 1.63. The predicted molar refractivity (Wildman–Crippen MR) is 121 cm³/mol. The molecular formula is C26H25N3O. The number of benzene rings is 2. The highest BCUT2D eigenvalue weighted by atomic mass is 16.3. The maximum atomic E-state index is 10.1. The van der Waals surface area contributed by atoms with Gasteiger partial charge in [-0.15, -0.1) is 0 Å². The van der Waals surface area contributed by atoms with Crippen LogP contribution >= 0.6 is 0 Å². The lowest BCUT2D eigenvalue weighted by Gasteiger charge is -2.49. The van der Waals surface area contributed by atoms with Crippen LogP contribution in [-0.2, 0) is 5.54 Å². The fourth-order valence-electron chi connectivity index (χ4n) is 4.76. The summed E-state index contributed by atoms with van der Waals surface area (Å²) in [4.78, 5) is 9.46. The third kappa shape index (κ3) is 3.18. The van der Waals surface area contributed by atoms with Gasteiger partial charge in [-0.3, -0.25) is 4.98 Å². The lowest BCUT2D eigenvalue weighted by atomic mass is 9.63. The molecular weight excluding hydrogens is 370 g/mol. The van der Waals surface area contributed by atoms with Crippen molar-refractivity contribution in [2.24, 2.45) is 5.73 Å². The summed E-state index contributed by atoms with van der Waals surface area (Å²) in [5, 5.41) is 11.2. The molecule has 1 fully saturated rings. The van der Waals surface area contributed by atoms with Gasteiger partial charge in [0.05, 0.1) is 16.8 Å². The molecule has 1 aliphatic rings. The zero-order valence-electron chi connectivity index (χ0n) is 17.3. The maximum absolute atomic E-state index is 10.1. The zero-order valence-corrected chi connectivity index (χ0v) is 17.3. The number of rotatable bonds is 3. The molecule has 0 atom stereocenters. The Morgan fingerprint density at radius 2 is 1.63 bits per heavy atom. The largest absolute Gasteiger partial charge is 0.390 e. The van der Waals surface area contributed by atoms with Gasteiger partial charge in [-0.05, 0) is 49.9 Å². The van der Waals surface area contributed by atoms with Gasteiger partial charge in [0, 0.05) is 33.9 Å². The molecule has 0 aliphatic heterocycles. The minimum Gasteiger partial charge on any atom is -0.390 e. The third-order valence-electron chi connectivity index (χ3n) is 6.15. The minimum atomic E-state index is -0.667. The van der Waals surface area contributed by atoms with E-state index in [9.17, 15) is 5.11 Å². The lowest BCUT2D eigenvalue weighted by molar-refractivity contribution is -0.0738. The molecule has 0 saturated heterocycles. The summed E-state index contributed by atoms with van der Waals surface area (Å²) in [6.07, 6.45) is 2.96. The van der Waals surface area contributed by atoms with Gasteiger partial charge in [0.1, 0.15) is 0 Å². The molecule has 5 rings (SSSR count). The topological polar surface area (TPSA) is 72.0 Å². The lowest BCUT2D eigenvalue weighted by Crippen LogP contribution is -2.58. The molecule has 150 valence electrons. The van der Waals surface area contributed by atoms with Gasteiger partial charge >= 0.3 is 0 Å². The first kappa shape index (κ1) is 18.9. The Hall–Kier alpha value is -3.08. The quantitative estimate of drug-likeness (QED) is 0.514. The molecule has 30 heavy (non-hydrogen) atoms. The summed E-state index contributed by atoms with van der Waals surface area (Å²) in [6, 6.07) is 22.8. The van der Waals surface area contributed by atoms with Gasteiger partial charge in [-0.1, -0.05) is 54.6 Å². The number of aliphatic hydroxyl groups is 1. The van der Waals surface area contributed by atoms with Crippen molar-refractivity contribution in [2.45, 2.75) is 37.8 Å². The number of aryl methyl sites for hydroxylation is 1. The number of aromatic nitrogens is 2. The van der Waals surface area contributed by atoms with Gasteiger partial charge in [0.2, 0.25) is 0 Å². The molecule has 2 aromatic carbocycles. The summed E-state index contributed by atoms with van der Waals surface area (Å²) in [6.45, 7) is 3.86. The summed E-state index contributed by atoms with van der Waals surface area (Å²) in [5.41, 5.74) is 12.6. The SMILES string of the molecule is Cc1nccc2nc(-c3ccc(C4(N)CC(C)(O)C4)cc3)c(-c3ccccc3)cc12. The second-order valence-electron chi connectivity index (χ2n) is 8.80. The number of hydrogen-bond acceptors (Lipinski definition) is 4. The smallest absolute Gasteiger partial charge is 0.0788 e. The molecule has 1 saturated carbocycles. The highest BCUT2D eigenvalue weighted by Gasteiger charge is 2.49. The van der Waals surface area contributed by atoms with E-state index in [0.717, 1.165) is 44.5 Å². The van der Waals surface area contributed by atoms with E-state index in [0.29, 0.717) is 12.8 Å². The number of pyridine rings is 2. The van der Waals surface area contributed by atoms with Crippen LogP contribution in [0.3, 0.4) is 0 Å². The van der Waals surface area contributed by atoms with E-state index >= 15 is 0 Å². The molecule has 0 amide bonds. The Bertz CT molecular complexity index is 1220. The summed E-state index contributed by atoms with van der Waals surface area (Å²) in [7, 11) is 0. The molecule has 0 spiro atoms. The van der Waals surface area contributed by atoms with E-state index in [1.165, 1.54) is 0 Å². The van der Waals surface area contributed by atoms with Crippen molar-refractivity contribution >= 4 is 10.9 Å². The molecule has 1 aliphatic carbocycles. The molecule has 0 radical (unpaired) electrons. The van der Waals surface area contributed by atoms with Crippen LogP contribution in [0.5, 0.6) is 0 Å². The molecule has 2 heterocycles. The van der Waals surface area contributed by atoms with Crippen LogP contribution in [0.4, 0.5) is 0 Å². The van der Waals surface area contributed by atoms with E-state index in [2.05, 4.69) is 47.4 Å². The van der Waals surface area contributed by atoms with Gasteiger partial charge in [0.15, 0.2) is 0 Å². The van der Waals surface area contributed by atoms with Crippen molar-refractivity contribution in [1.82, 2.24) is 9.97 Å². The van der Waals surface area contributed by atoms with Crippen molar-refractivity contribution in [2.75, 3.05) is 0 Å². The van der Waals surface area contributed by atoms with Crippen molar-refractivity contribution in [3.05, 3.63) is 84.2 Å². The predicted octanol–water partition coefficient (Wildman–Crippen LogP) is 4.97. The van der Waals surface area contributed by atoms with E-state index in [1.807, 2.05) is 38.1 Å². The van der Waals surface area contributed by atoms with Crippen molar-refractivity contribution < 1.29 is 5.11 Å². The molecule has 4 nitrogen and oxygen atoms in total. The van der Waals surface area contributed by atoms with Gasteiger partial charge in [-0.25, -0.2) is 4.98 Å². The molecule has 4 aromatic rings. The van der Waals surface area contributed by atoms with E-state index in [1.54, 1.807) is 6.20 Å². The summed E-state index contributed by atoms with van der Waals surface area (Å²) >= 11 is 0. The monoisotopic (exact) mass is 395 g/mol. The maximum Gasteiger partial charge on any atom is 0.0788 e. The normalized spacial score (nSPS) is 23.3. The molecule has 3 N–H and O–H groups in total. The Labute approximate surface area is 176 Å². The van der Waals surface area contributed by atoms with Crippen LogP contribution in [0, 0.1) is 6.92 Å². The summed E-state index contributed by atoms with van der Waals surface area (Å²) in [5.74, 6) is 0. The number of nitrogens with zero attached hydrogens (tertiary/aromatic N) is 2. The highest BCUT2D eigenvalue weighted by Crippen LogP contribution is 2.46. The number of nitrogens with two attached hydrogens (primary N) is 1. The second-order valence-corrected chi connectivity index (χ2v) is 8.80. The van der Waals surface area contributed by atoms with Crippen molar-refractivity contribution in [1.29, 1.82) is 0 Å². The molecule has 4 heteroatoms. The first-order valence-electron chi connectivity index (χ1n) is 10.3. The number of hydrogen-bond donors (Lipinski definition) is 2. The number of fused-ring (bicyclic) bond motifs is 1. The van der Waals surface area contributed by atoms with Crippen LogP contribution in [-0.4, -0.2) is 20.7 Å². The Morgan fingerprint density at radius 1 is 0.933 bits per heavy atom. The average molecular weight is 396 g/mol. The highest BCUT2D eigenvalue weighted by molar-refractivity contribution is 5.92. The first-order valence-corrected chi connectivity index (χ1v) is 10.3. The standard InChI is InChI=1S/C26H25N3O/c1-17-21-14-22(18-6-4-3-5-7-18)24(29-23(21)12-13-28-17)19-8-10-20(11-9-19)26(27)15-25(2,30)16-26/h3-14,30H,15-16,27H2,1-2H3. The van der Waals surface area contributed by atoms with Crippen LogP contribution < -0.4 is 5.73 Å². The van der Waals surface area contributed by atoms with Crippen LogP contribution in [0.2, 0.25) is 0 Å². The van der Waals surface area contributed by atoms with Crippen LogP contribution in [0.15, 0.2) is 72.9 Å². The second kappa shape index (κ2) is 6.73. The Morgan fingerprint density at radius 3 is 2.30 bits per heavy atom.